The highest BCUT2D eigenvalue weighted by atomic mass is 35.5. The predicted octanol–water partition coefficient (Wildman–Crippen LogP) is 4.66. The molecule has 174 valence electrons. The number of anilines is 1. The normalized spacial score (nSPS) is 23.2. The minimum absolute atomic E-state index is 0.0302. The van der Waals surface area contributed by atoms with Crippen molar-refractivity contribution in [3.05, 3.63) is 64.7 Å². The van der Waals surface area contributed by atoms with E-state index in [0.717, 1.165) is 17.7 Å². The quantitative estimate of drug-likeness (QED) is 0.664. The van der Waals surface area contributed by atoms with Crippen molar-refractivity contribution in [2.45, 2.75) is 57.5 Å². The summed E-state index contributed by atoms with van der Waals surface area (Å²) in [5, 5.41) is 8.10. The summed E-state index contributed by atoms with van der Waals surface area (Å²) in [6.45, 7) is 9.94. The molecule has 0 radical (unpaired) electrons. The smallest absolute Gasteiger partial charge is 0.252 e. The number of amides is 2. The van der Waals surface area contributed by atoms with E-state index in [1.807, 2.05) is 35.2 Å². The lowest BCUT2D eigenvalue weighted by Crippen LogP contribution is -2.57. The third-order valence-electron chi connectivity index (χ3n) is 6.42. The summed E-state index contributed by atoms with van der Waals surface area (Å²) in [5.74, 6) is -0.0383. The first-order valence-electron chi connectivity index (χ1n) is 10.9. The van der Waals surface area contributed by atoms with E-state index in [0.29, 0.717) is 10.2 Å². The fourth-order valence-corrected chi connectivity index (χ4v) is 5.62. The van der Waals surface area contributed by atoms with Crippen LogP contribution < -0.4 is 15.6 Å². The molecule has 2 aliphatic rings. The fraction of sp³-hybridized carbons (Fsp3) is 0.400. The zero-order chi connectivity index (χ0) is 24.0. The van der Waals surface area contributed by atoms with Crippen LogP contribution in [-0.4, -0.2) is 33.8 Å². The first kappa shape index (κ1) is 23.6. The van der Waals surface area contributed by atoms with Crippen molar-refractivity contribution in [1.29, 1.82) is 0 Å². The Hall–Kier alpha value is -2.51. The lowest BCUT2D eigenvalue weighted by atomic mass is 9.65. The van der Waals surface area contributed by atoms with Crippen molar-refractivity contribution >= 4 is 46.0 Å². The number of carbonyl (C=O) groups excluding carboxylic acids is 2. The largest absolute Gasteiger partial charge is 0.306 e. The highest BCUT2D eigenvalue weighted by Gasteiger charge is 2.47. The van der Waals surface area contributed by atoms with Gasteiger partial charge in [0, 0.05) is 21.7 Å². The lowest BCUT2D eigenvalue weighted by Gasteiger charge is -2.51. The van der Waals surface area contributed by atoms with Gasteiger partial charge < -0.3 is 10.2 Å². The molecule has 2 N–H and O–H groups in total. The van der Waals surface area contributed by atoms with Crippen molar-refractivity contribution in [1.82, 2.24) is 10.7 Å². The van der Waals surface area contributed by atoms with E-state index in [2.05, 4.69) is 54.8 Å². The van der Waals surface area contributed by atoms with E-state index >= 15 is 0 Å². The zero-order valence-electron chi connectivity index (χ0n) is 19.5. The van der Waals surface area contributed by atoms with Gasteiger partial charge in [0.2, 0.25) is 5.91 Å². The lowest BCUT2D eigenvalue weighted by molar-refractivity contribution is -0.125. The number of rotatable bonds is 3. The van der Waals surface area contributed by atoms with Crippen molar-refractivity contribution in [3.8, 4) is 0 Å². The van der Waals surface area contributed by atoms with Crippen LogP contribution in [0.15, 0.2) is 53.6 Å². The molecule has 0 spiro atoms. The molecule has 0 saturated carbocycles. The molecule has 0 saturated heterocycles. The second kappa shape index (κ2) is 8.37. The first-order valence-corrected chi connectivity index (χ1v) is 12.3. The van der Waals surface area contributed by atoms with E-state index in [-0.39, 0.29) is 23.0 Å². The van der Waals surface area contributed by atoms with E-state index in [4.69, 9.17) is 11.6 Å². The molecule has 0 fully saturated rings. The number of hydrogen-bond donors (Lipinski definition) is 2. The number of para-hydroxylation sites is 1. The van der Waals surface area contributed by atoms with Crippen LogP contribution in [0.1, 0.15) is 52.2 Å². The van der Waals surface area contributed by atoms with Crippen LogP contribution in [-0.2, 0) is 15.0 Å². The highest BCUT2D eigenvalue weighted by Crippen LogP contribution is 2.50. The van der Waals surface area contributed by atoms with E-state index in [1.165, 1.54) is 17.3 Å². The second-order valence-electron chi connectivity index (χ2n) is 9.97. The van der Waals surface area contributed by atoms with Crippen molar-refractivity contribution in [3.63, 3.8) is 0 Å². The summed E-state index contributed by atoms with van der Waals surface area (Å²) in [6, 6.07) is 16.1. The molecule has 2 aliphatic heterocycles. The standard InChI is InChI=1S/C25H29ClN4O2S/c1-23(2)15-25(5,16-10-12-17(26)13-11-16)18-8-6-7-9-19(18)30(23)20(31)14-33-22-27-21(32)24(3,4)29-28-22/h6-13,29H,14-15H2,1-5H3,(H,27,28,32). The first-order chi connectivity index (χ1) is 15.4. The number of nitrogens with one attached hydrogen (secondary N) is 2. The van der Waals surface area contributed by atoms with E-state index < -0.39 is 11.1 Å². The molecule has 33 heavy (non-hydrogen) atoms. The van der Waals surface area contributed by atoms with Crippen molar-refractivity contribution in [2.75, 3.05) is 10.7 Å². The Morgan fingerprint density at radius 3 is 2.42 bits per heavy atom. The predicted molar refractivity (Wildman–Crippen MR) is 136 cm³/mol. The van der Waals surface area contributed by atoms with Gasteiger partial charge >= 0.3 is 0 Å². The van der Waals surface area contributed by atoms with Gasteiger partial charge in [-0.1, -0.05) is 60.6 Å². The minimum Gasteiger partial charge on any atom is -0.306 e. The monoisotopic (exact) mass is 484 g/mol. The molecule has 8 heteroatoms. The Labute approximate surface area is 204 Å². The van der Waals surface area contributed by atoms with Gasteiger partial charge in [-0.2, -0.15) is 5.10 Å². The maximum absolute atomic E-state index is 13.5. The van der Waals surface area contributed by atoms with Gasteiger partial charge in [0.15, 0.2) is 5.17 Å². The fourth-order valence-electron chi connectivity index (χ4n) is 4.83. The molecule has 1 unspecified atom stereocenters. The van der Waals surface area contributed by atoms with Crippen LogP contribution in [0.2, 0.25) is 5.02 Å². The van der Waals surface area contributed by atoms with Gasteiger partial charge in [0.25, 0.3) is 5.91 Å². The average molecular weight is 485 g/mol. The Kier molecular flexibility index (Phi) is 5.99. The van der Waals surface area contributed by atoms with Gasteiger partial charge in [-0.25, -0.2) is 0 Å². The molecule has 2 aromatic rings. The number of carbonyl (C=O) groups is 2. The zero-order valence-corrected chi connectivity index (χ0v) is 21.1. The molecule has 1 atom stereocenters. The van der Waals surface area contributed by atoms with Crippen LogP contribution >= 0.6 is 23.4 Å². The van der Waals surface area contributed by atoms with Crippen molar-refractivity contribution in [2.24, 2.45) is 5.10 Å². The number of fused-ring (bicyclic) bond motifs is 1. The second-order valence-corrected chi connectivity index (χ2v) is 11.4. The maximum atomic E-state index is 13.5. The summed E-state index contributed by atoms with van der Waals surface area (Å²) in [7, 11) is 0. The Balaban J connectivity index is 1.63. The molecule has 0 aliphatic carbocycles. The number of thioether (sulfide) groups is 1. The van der Waals surface area contributed by atoms with Gasteiger partial charge in [-0.3, -0.25) is 15.0 Å². The van der Waals surface area contributed by atoms with Gasteiger partial charge in [-0.05, 0) is 63.4 Å². The van der Waals surface area contributed by atoms with Crippen LogP contribution in [0.25, 0.3) is 0 Å². The van der Waals surface area contributed by atoms with E-state index in [1.54, 1.807) is 13.8 Å². The summed E-state index contributed by atoms with van der Waals surface area (Å²) < 4.78 is 0. The number of hydrogen-bond acceptors (Lipinski definition) is 5. The third-order valence-corrected chi connectivity index (χ3v) is 7.53. The summed E-state index contributed by atoms with van der Waals surface area (Å²) in [4.78, 5) is 27.6. The molecule has 0 bridgehead atoms. The average Bonchev–Trinajstić information content (AvgIpc) is 2.74. The number of nitrogens with zero attached hydrogens (tertiary/aromatic N) is 2. The van der Waals surface area contributed by atoms with Crippen LogP contribution in [0.4, 0.5) is 5.69 Å². The number of benzene rings is 2. The van der Waals surface area contributed by atoms with Crippen LogP contribution in [0, 0.1) is 0 Å². The maximum Gasteiger partial charge on any atom is 0.252 e. The minimum atomic E-state index is -0.770. The summed E-state index contributed by atoms with van der Waals surface area (Å²) >= 11 is 7.37. The third kappa shape index (κ3) is 4.36. The van der Waals surface area contributed by atoms with Crippen molar-refractivity contribution < 1.29 is 9.59 Å². The Morgan fingerprint density at radius 1 is 1.09 bits per heavy atom. The molecule has 0 aromatic heterocycles. The summed E-state index contributed by atoms with van der Waals surface area (Å²) in [6.07, 6.45) is 0.752. The molecule has 6 nitrogen and oxygen atoms in total. The number of hydrazone groups is 1. The Morgan fingerprint density at radius 2 is 1.76 bits per heavy atom. The molecule has 4 rings (SSSR count). The number of halogens is 1. The van der Waals surface area contributed by atoms with Crippen LogP contribution in [0.3, 0.4) is 0 Å². The molecular weight excluding hydrogens is 456 g/mol. The van der Waals surface area contributed by atoms with Gasteiger partial charge in [0.05, 0.1) is 5.75 Å². The van der Waals surface area contributed by atoms with Gasteiger partial charge in [-0.15, -0.1) is 0 Å². The topological polar surface area (TPSA) is 73.8 Å². The van der Waals surface area contributed by atoms with Gasteiger partial charge in [0.1, 0.15) is 5.54 Å². The van der Waals surface area contributed by atoms with E-state index in [9.17, 15) is 9.59 Å². The molecule has 2 heterocycles. The molecule has 2 amide bonds. The SMILES string of the molecule is CC1(C)NN=C(SCC(=O)N2c3ccccc3C(C)(c3ccc(Cl)cc3)CC2(C)C)NC1=O. The van der Waals surface area contributed by atoms with Crippen LogP contribution in [0.5, 0.6) is 0 Å². The number of amidine groups is 1. The Bertz CT molecular complexity index is 1130. The molecule has 2 aromatic carbocycles. The summed E-state index contributed by atoms with van der Waals surface area (Å²) in [5.41, 5.74) is 4.56. The molecular formula is C25H29ClN4O2S. The highest BCUT2D eigenvalue weighted by molar-refractivity contribution is 8.14.